The van der Waals surface area contributed by atoms with E-state index in [1.807, 2.05) is 31.2 Å². The van der Waals surface area contributed by atoms with Crippen molar-refractivity contribution < 1.29 is 14.3 Å². The summed E-state index contributed by atoms with van der Waals surface area (Å²) in [7, 11) is 0. The molecule has 2 aromatic rings. The zero-order valence-corrected chi connectivity index (χ0v) is 13.2. The van der Waals surface area contributed by atoms with Gasteiger partial charge in [-0.2, -0.15) is 0 Å². The van der Waals surface area contributed by atoms with Gasteiger partial charge >= 0.3 is 0 Å². The van der Waals surface area contributed by atoms with E-state index in [4.69, 9.17) is 9.47 Å². The monoisotopic (exact) mass is 312 g/mol. The van der Waals surface area contributed by atoms with E-state index in [1.165, 1.54) is 0 Å². The third-order valence-electron chi connectivity index (χ3n) is 3.79. The lowest BCUT2D eigenvalue weighted by Gasteiger charge is -2.11. The lowest BCUT2D eigenvalue weighted by atomic mass is 10.1. The Balaban J connectivity index is 1.67. The van der Waals surface area contributed by atoms with Crippen molar-refractivity contribution in [2.24, 2.45) is 5.92 Å². The van der Waals surface area contributed by atoms with Crippen LogP contribution in [0.2, 0.25) is 0 Å². The van der Waals surface area contributed by atoms with Crippen LogP contribution in [0, 0.1) is 12.8 Å². The molecule has 0 N–H and O–H groups in total. The van der Waals surface area contributed by atoms with Gasteiger partial charge in [0.25, 0.3) is 0 Å². The number of Topliss-reactive ketones (excluding diaryl/α,β-unsaturated/α-hetero) is 1. The molecule has 0 aliphatic carbocycles. The molecule has 0 aromatic carbocycles. The highest BCUT2D eigenvalue weighted by molar-refractivity contribution is 5.95. The van der Waals surface area contributed by atoms with Crippen LogP contribution in [0.15, 0.2) is 36.5 Å². The van der Waals surface area contributed by atoms with Crippen molar-refractivity contribution in [3.63, 3.8) is 0 Å². The molecular formula is C18H20N2O3. The number of ketones is 1. The number of carbonyl (C=O) groups is 1. The molecule has 1 saturated heterocycles. The summed E-state index contributed by atoms with van der Waals surface area (Å²) >= 11 is 0. The van der Waals surface area contributed by atoms with E-state index < -0.39 is 0 Å². The Morgan fingerprint density at radius 2 is 2.30 bits per heavy atom. The van der Waals surface area contributed by atoms with Gasteiger partial charge < -0.3 is 9.47 Å². The normalized spacial score (nSPS) is 17.2. The molecule has 0 saturated carbocycles. The van der Waals surface area contributed by atoms with E-state index in [0.29, 0.717) is 24.0 Å². The Labute approximate surface area is 135 Å². The summed E-state index contributed by atoms with van der Waals surface area (Å²) in [5.41, 5.74) is 1.94. The van der Waals surface area contributed by atoms with Crippen LogP contribution in [-0.4, -0.2) is 35.6 Å². The lowest BCUT2D eigenvalue weighted by molar-refractivity contribution is 0.0986. The van der Waals surface area contributed by atoms with Crippen LogP contribution < -0.4 is 4.74 Å². The summed E-state index contributed by atoms with van der Waals surface area (Å²) in [5.74, 6) is 1.06. The second kappa shape index (κ2) is 7.33. The van der Waals surface area contributed by atoms with E-state index in [0.717, 1.165) is 31.0 Å². The zero-order valence-electron chi connectivity index (χ0n) is 13.2. The summed E-state index contributed by atoms with van der Waals surface area (Å²) < 4.78 is 11.2. The zero-order chi connectivity index (χ0) is 16.1. The van der Waals surface area contributed by atoms with Gasteiger partial charge in [-0.1, -0.05) is 6.07 Å². The minimum atomic E-state index is -0.0542. The van der Waals surface area contributed by atoms with Gasteiger partial charge in [-0.15, -0.1) is 0 Å². The molecule has 1 atom stereocenters. The Hall–Kier alpha value is -2.27. The summed E-state index contributed by atoms with van der Waals surface area (Å²) in [5, 5.41) is 0. The first kappa shape index (κ1) is 15.6. The van der Waals surface area contributed by atoms with Crippen LogP contribution >= 0.6 is 0 Å². The van der Waals surface area contributed by atoms with E-state index in [1.54, 1.807) is 12.3 Å². The molecule has 3 rings (SSSR count). The number of pyridine rings is 2. The first-order chi connectivity index (χ1) is 11.2. The lowest BCUT2D eigenvalue weighted by Crippen LogP contribution is -2.13. The second-order valence-corrected chi connectivity index (χ2v) is 5.79. The predicted molar refractivity (Wildman–Crippen MR) is 85.7 cm³/mol. The summed E-state index contributed by atoms with van der Waals surface area (Å²) in [6, 6.07) is 9.11. The fourth-order valence-corrected chi connectivity index (χ4v) is 2.55. The van der Waals surface area contributed by atoms with Crippen molar-refractivity contribution in [1.29, 1.82) is 0 Å². The van der Waals surface area contributed by atoms with Crippen LogP contribution in [0.3, 0.4) is 0 Å². The van der Waals surface area contributed by atoms with Gasteiger partial charge in [-0.05, 0) is 25.5 Å². The number of hydrogen-bond acceptors (Lipinski definition) is 5. The molecule has 0 radical (unpaired) electrons. The topological polar surface area (TPSA) is 61.3 Å². The molecule has 0 bridgehead atoms. The number of nitrogens with zero attached hydrogens (tertiary/aromatic N) is 2. The van der Waals surface area contributed by atoms with Crippen LogP contribution in [-0.2, 0) is 11.2 Å². The van der Waals surface area contributed by atoms with Crippen molar-refractivity contribution in [1.82, 2.24) is 9.97 Å². The maximum absolute atomic E-state index is 12.4. The number of aromatic nitrogens is 2. The maximum Gasteiger partial charge on any atom is 0.187 e. The molecule has 1 aliphatic heterocycles. The Morgan fingerprint density at radius 3 is 3.04 bits per heavy atom. The van der Waals surface area contributed by atoms with Crippen LogP contribution in [0.4, 0.5) is 0 Å². The number of carbonyl (C=O) groups excluding carboxylic acids is 1. The van der Waals surface area contributed by atoms with Gasteiger partial charge in [0.2, 0.25) is 0 Å². The third-order valence-corrected chi connectivity index (χ3v) is 3.79. The summed E-state index contributed by atoms with van der Waals surface area (Å²) in [6.45, 7) is 4.02. The molecule has 120 valence electrons. The quantitative estimate of drug-likeness (QED) is 0.767. The van der Waals surface area contributed by atoms with Gasteiger partial charge in [0, 0.05) is 42.2 Å². The maximum atomic E-state index is 12.4. The van der Waals surface area contributed by atoms with E-state index in [-0.39, 0.29) is 12.2 Å². The molecule has 2 aromatic heterocycles. The molecule has 1 fully saturated rings. The van der Waals surface area contributed by atoms with Crippen molar-refractivity contribution in [2.45, 2.75) is 19.8 Å². The number of hydrogen-bond donors (Lipinski definition) is 0. The first-order valence-electron chi connectivity index (χ1n) is 7.83. The second-order valence-electron chi connectivity index (χ2n) is 5.79. The van der Waals surface area contributed by atoms with Gasteiger partial charge in [0.05, 0.1) is 19.6 Å². The smallest absolute Gasteiger partial charge is 0.187 e. The van der Waals surface area contributed by atoms with Crippen molar-refractivity contribution in [3.05, 3.63) is 53.6 Å². The molecule has 0 amide bonds. The Bertz CT molecular complexity index is 667. The van der Waals surface area contributed by atoms with Gasteiger partial charge in [0.1, 0.15) is 11.4 Å². The molecule has 0 spiro atoms. The highest BCUT2D eigenvalue weighted by Gasteiger charge is 2.17. The SMILES string of the molecule is Cc1cc(OCC2CCOC2)cc(C(=O)Cc2ccccn2)n1. The summed E-state index contributed by atoms with van der Waals surface area (Å²) in [4.78, 5) is 20.9. The minimum Gasteiger partial charge on any atom is -0.493 e. The highest BCUT2D eigenvalue weighted by atomic mass is 16.5. The highest BCUT2D eigenvalue weighted by Crippen LogP contribution is 2.19. The van der Waals surface area contributed by atoms with Crippen LogP contribution in [0.1, 0.15) is 28.3 Å². The molecule has 5 nitrogen and oxygen atoms in total. The first-order valence-corrected chi connectivity index (χ1v) is 7.83. The molecule has 1 aliphatic rings. The Morgan fingerprint density at radius 1 is 1.39 bits per heavy atom. The average molecular weight is 312 g/mol. The predicted octanol–water partition coefficient (Wildman–Crippen LogP) is 2.63. The number of rotatable bonds is 6. The van der Waals surface area contributed by atoms with E-state index >= 15 is 0 Å². The molecule has 3 heterocycles. The standard InChI is InChI=1S/C18H20N2O3/c1-13-8-16(23-12-14-5-7-22-11-14)10-17(20-13)18(21)9-15-4-2-3-6-19-15/h2-4,6,8,10,14H,5,7,9,11-12H2,1H3. The van der Waals surface area contributed by atoms with Crippen molar-refractivity contribution >= 4 is 5.78 Å². The molecule has 5 heteroatoms. The van der Waals surface area contributed by atoms with Crippen molar-refractivity contribution in [3.8, 4) is 5.75 Å². The van der Waals surface area contributed by atoms with Gasteiger partial charge in [0.15, 0.2) is 5.78 Å². The van der Waals surface area contributed by atoms with Crippen LogP contribution in [0.25, 0.3) is 0 Å². The molecule has 1 unspecified atom stereocenters. The van der Waals surface area contributed by atoms with E-state index in [9.17, 15) is 4.79 Å². The van der Waals surface area contributed by atoms with Crippen molar-refractivity contribution in [2.75, 3.05) is 19.8 Å². The fraction of sp³-hybridized carbons (Fsp3) is 0.389. The minimum absolute atomic E-state index is 0.0542. The number of aryl methyl sites for hydroxylation is 1. The third kappa shape index (κ3) is 4.36. The van der Waals surface area contributed by atoms with E-state index in [2.05, 4.69) is 9.97 Å². The van der Waals surface area contributed by atoms with Crippen LogP contribution in [0.5, 0.6) is 5.75 Å². The molecular weight excluding hydrogens is 292 g/mol. The average Bonchev–Trinajstić information content (AvgIpc) is 3.07. The van der Waals surface area contributed by atoms with Gasteiger partial charge in [-0.3, -0.25) is 9.78 Å². The Kier molecular flexibility index (Phi) is 4.98. The largest absolute Gasteiger partial charge is 0.493 e. The van der Waals surface area contributed by atoms with Gasteiger partial charge in [-0.25, -0.2) is 4.98 Å². The molecule has 23 heavy (non-hydrogen) atoms. The fourth-order valence-electron chi connectivity index (χ4n) is 2.55. The summed E-state index contributed by atoms with van der Waals surface area (Å²) in [6.07, 6.45) is 2.95. The number of ether oxygens (including phenoxy) is 2.